The molecular weight excluding hydrogens is 276 g/mol. The lowest BCUT2D eigenvalue weighted by molar-refractivity contribution is -0.137. The molecule has 2 N–H and O–H groups in total. The van der Waals surface area contributed by atoms with Gasteiger partial charge >= 0.3 is 12.0 Å². The Morgan fingerprint density at radius 2 is 2.10 bits per heavy atom. The number of aliphatic carboxylic acids is 1. The smallest absolute Gasteiger partial charge is 0.317 e. The van der Waals surface area contributed by atoms with Crippen molar-refractivity contribution in [2.24, 2.45) is 5.41 Å². The van der Waals surface area contributed by atoms with Crippen LogP contribution in [0.25, 0.3) is 0 Å². The minimum absolute atomic E-state index is 0.0217. The molecular formula is C14H26N2O3S. The lowest BCUT2D eigenvalue weighted by Gasteiger charge is -2.27. The van der Waals surface area contributed by atoms with Gasteiger partial charge in [0.15, 0.2) is 0 Å². The van der Waals surface area contributed by atoms with Crippen molar-refractivity contribution < 1.29 is 14.7 Å². The third-order valence-electron chi connectivity index (χ3n) is 3.87. The molecule has 116 valence electrons. The highest BCUT2D eigenvalue weighted by Crippen LogP contribution is 2.26. The molecule has 0 aliphatic carbocycles. The van der Waals surface area contributed by atoms with Gasteiger partial charge in [-0.25, -0.2) is 4.79 Å². The molecule has 1 aliphatic rings. The number of amides is 2. The van der Waals surface area contributed by atoms with E-state index in [1.165, 1.54) is 0 Å². The van der Waals surface area contributed by atoms with Crippen molar-refractivity contribution in [3.05, 3.63) is 0 Å². The Balaban J connectivity index is 2.24. The molecule has 1 saturated heterocycles. The first kappa shape index (κ1) is 17.1. The first-order valence-electron chi connectivity index (χ1n) is 7.12. The molecule has 1 atom stereocenters. The second-order valence-corrected chi connectivity index (χ2v) is 7.32. The number of carboxylic acid groups (broad SMARTS) is 1. The Kier molecular flexibility index (Phi) is 6.65. The van der Waals surface area contributed by atoms with E-state index >= 15 is 0 Å². The van der Waals surface area contributed by atoms with E-state index in [4.69, 9.17) is 5.11 Å². The maximum absolute atomic E-state index is 12.0. The van der Waals surface area contributed by atoms with Crippen molar-refractivity contribution in [1.82, 2.24) is 10.2 Å². The Labute approximate surface area is 125 Å². The summed E-state index contributed by atoms with van der Waals surface area (Å²) < 4.78 is 0. The SMILES string of the molecule is CN(C(=O)NCCC(C)(C)CCC(=O)O)C1CCSC1. The van der Waals surface area contributed by atoms with E-state index in [-0.39, 0.29) is 17.9 Å². The number of hydrogen-bond acceptors (Lipinski definition) is 3. The van der Waals surface area contributed by atoms with Gasteiger partial charge in [-0.1, -0.05) is 13.8 Å². The highest BCUT2D eigenvalue weighted by molar-refractivity contribution is 7.99. The predicted octanol–water partition coefficient (Wildman–Crippen LogP) is 2.41. The van der Waals surface area contributed by atoms with Crippen LogP contribution in [0.1, 0.15) is 39.5 Å². The van der Waals surface area contributed by atoms with Crippen LogP contribution in [0.3, 0.4) is 0 Å². The summed E-state index contributed by atoms with van der Waals surface area (Å²) in [5.41, 5.74) is -0.0621. The summed E-state index contributed by atoms with van der Waals surface area (Å²) in [6, 6.07) is 0.326. The van der Waals surface area contributed by atoms with E-state index in [1.54, 1.807) is 4.90 Å². The van der Waals surface area contributed by atoms with E-state index in [1.807, 2.05) is 32.7 Å². The topological polar surface area (TPSA) is 69.6 Å². The van der Waals surface area contributed by atoms with Gasteiger partial charge in [-0.05, 0) is 30.4 Å². The maximum Gasteiger partial charge on any atom is 0.317 e. The zero-order valence-electron chi connectivity index (χ0n) is 12.6. The quantitative estimate of drug-likeness (QED) is 0.758. The number of nitrogens with one attached hydrogen (secondary N) is 1. The summed E-state index contributed by atoms with van der Waals surface area (Å²) >= 11 is 1.89. The van der Waals surface area contributed by atoms with Gasteiger partial charge in [-0.2, -0.15) is 11.8 Å². The molecule has 6 heteroatoms. The normalized spacial score (nSPS) is 18.9. The zero-order chi connectivity index (χ0) is 15.2. The second-order valence-electron chi connectivity index (χ2n) is 6.17. The summed E-state index contributed by atoms with van der Waals surface area (Å²) in [5.74, 6) is 1.39. The monoisotopic (exact) mass is 302 g/mol. The predicted molar refractivity (Wildman–Crippen MR) is 82.2 cm³/mol. The van der Waals surface area contributed by atoms with Crippen molar-refractivity contribution in [2.75, 3.05) is 25.1 Å². The lowest BCUT2D eigenvalue weighted by atomic mass is 9.84. The molecule has 1 fully saturated rings. The van der Waals surface area contributed by atoms with E-state index in [0.29, 0.717) is 19.0 Å². The first-order valence-corrected chi connectivity index (χ1v) is 8.27. The molecule has 0 aromatic carbocycles. The molecule has 20 heavy (non-hydrogen) atoms. The van der Waals surface area contributed by atoms with Crippen molar-refractivity contribution in [1.29, 1.82) is 0 Å². The molecule has 1 rings (SSSR count). The maximum atomic E-state index is 12.0. The average molecular weight is 302 g/mol. The van der Waals surface area contributed by atoms with Crippen molar-refractivity contribution in [3.8, 4) is 0 Å². The number of carboxylic acids is 1. The van der Waals surface area contributed by atoms with Crippen molar-refractivity contribution in [2.45, 2.75) is 45.6 Å². The highest BCUT2D eigenvalue weighted by atomic mass is 32.2. The molecule has 0 radical (unpaired) electrons. The molecule has 1 heterocycles. The van der Waals surface area contributed by atoms with Crippen LogP contribution in [0.15, 0.2) is 0 Å². The van der Waals surface area contributed by atoms with Gasteiger partial charge in [-0.15, -0.1) is 0 Å². The fourth-order valence-corrected chi connectivity index (χ4v) is 3.46. The van der Waals surface area contributed by atoms with Gasteiger partial charge in [0.05, 0.1) is 0 Å². The summed E-state index contributed by atoms with van der Waals surface area (Å²) in [7, 11) is 1.85. The largest absolute Gasteiger partial charge is 0.481 e. The minimum atomic E-state index is -0.763. The summed E-state index contributed by atoms with van der Waals surface area (Å²) in [5, 5.41) is 11.6. The highest BCUT2D eigenvalue weighted by Gasteiger charge is 2.24. The third-order valence-corrected chi connectivity index (χ3v) is 5.01. The standard InChI is InChI=1S/C14H26N2O3S/c1-14(2,6-4-12(17)18)7-8-15-13(19)16(3)11-5-9-20-10-11/h11H,4-10H2,1-3H3,(H,15,19)(H,17,18). The van der Waals surface area contributed by atoms with Crippen LogP contribution in [-0.2, 0) is 4.79 Å². The van der Waals surface area contributed by atoms with Gasteiger partial charge in [0.25, 0.3) is 0 Å². The molecule has 0 spiro atoms. The Morgan fingerprint density at radius 3 is 2.65 bits per heavy atom. The Bertz CT molecular complexity index is 341. The molecule has 0 aromatic heterocycles. The first-order chi connectivity index (χ1) is 9.32. The fourth-order valence-electron chi connectivity index (χ4n) is 2.20. The van der Waals surface area contributed by atoms with Crippen LogP contribution in [-0.4, -0.2) is 53.1 Å². The summed E-state index contributed by atoms with van der Waals surface area (Å²) in [6.45, 7) is 4.68. The molecule has 1 unspecified atom stereocenters. The van der Waals surface area contributed by atoms with Gasteiger partial charge < -0.3 is 15.3 Å². The summed E-state index contributed by atoms with van der Waals surface area (Å²) in [4.78, 5) is 24.4. The van der Waals surface area contributed by atoms with E-state index in [0.717, 1.165) is 24.3 Å². The number of carbonyl (C=O) groups excluding carboxylic acids is 1. The Hall–Kier alpha value is -0.910. The van der Waals surface area contributed by atoms with Gasteiger partial charge in [-0.3, -0.25) is 4.79 Å². The number of rotatable bonds is 7. The van der Waals surface area contributed by atoms with Gasteiger partial charge in [0, 0.05) is 31.8 Å². The van der Waals surface area contributed by atoms with Crippen LogP contribution in [0, 0.1) is 5.41 Å². The van der Waals surface area contributed by atoms with Crippen LogP contribution < -0.4 is 5.32 Å². The zero-order valence-corrected chi connectivity index (χ0v) is 13.5. The van der Waals surface area contributed by atoms with Crippen molar-refractivity contribution in [3.63, 3.8) is 0 Å². The van der Waals surface area contributed by atoms with E-state index < -0.39 is 5.97 Å². The van der Waals surface area contributed by atoms with Crippen molar-refractivity contribution >= 4 is 23.8 Å². The second kappa shape index (κ2) is 7.76. The van der Waals surface area contributed by atoms with Crippen LogP contribution in [0.5, 0.6) is 0 Å². The molecule has 0 saturated carbocycles. The van der Waals surface area contributed by atoms with Crippen LogP contribution in [0.2, 0.25) is 0 Å². The number of hydrogen-bond donors (Lipinski definition) is 2. The molecule has 5 nitrogen and oxygen atoms in total. The number of carbonyl (C=O) groups is 2. The molecule has 0 aromatic rings. The number of urea groups is 1. The molecule has 0 bridgehead atoms. The number of nitrogens with zero attached hydrogens (tertiary/aromatic N) is 1. The van der Waals surface area contributed by atoms with E-state index in [9.17, 15) is 9.59 Å². The minimum Gasteiger partial charge on any atom is -0.481 e. The van der Waals surface area contributed by atoms with Crippen LogP contribution in [0.4, 0.5) is 4.79 Å². The Morgan fingerprint density at radius 1 is 1.40 bits per heavy atom. The van der Waals surface area contributed by atoms with Gasteiger partial charge in [0.2, 0.25) is 0 Å². The average Bonchev–Trinajstić information content (AvgIpc) is 2.89. The van der Waals surface area contributed by atoms with E-state index in [2.05, 4.69) is 5.32 Å². The number of thioether (sulfide) groups is 1. The van der Waals surface area contributed by atoms with Crippen LogP contribution >= 0.6 is 11.8 Å². The lowest BCUT2D eigenvalue weighted by Crippen LogP contribution is -2.44. The fraction of sp³-hybridized carbons (Fsp3) is 0.857. The molecule has 2 amide bonds. The molecule has 1 aliphatic heterocycles. The summed E-state index contributed by atoms with van der Waals surface area (Å²) in [6.07, 6.45) is 2.67. The van der Waals surface area contributed by atoms with Gasteiger partial charge in [0.1, 0.15) is 0 Å². The third kappa shape index (κ3) is 6.03.